The summed E-state index contributed by atoms with van der Waals surface area (Å²) in [6, 6.07) is 9.52. The number of aromatic carboxylic acids is 1. The van der Waals surface area contributed by atoms with Crippen molar-refractivity contribution in [2.45, 2.75) is 33.4 Å². The summed E-state index contributed by atoms with van der Waals surface area (Å²) in [6.07, 6.45) is 0.562. The van der Waals surface area contributed by atoms with Gasteiger partial charge < -0.3 is 10.0 Å². The molecular formula is C20H21N5O3. The number of carbonyl (C=O) groups excluding carboxylic acids is 1. The average Bonchev–Trinajstić information content (AvgIpc) is 3.23. The molecule has 2 N–H and O–H groups in total. The minimum atomic E-state index is -1.08. The molecule has 8 nitrogen and oxygen atoms in total. The zero-order valence-corrected chi connectivity index (χ0v) is 15.8. The fraction of sp³-hybridized carbons (Fsp3) is 0.300. The first-order valence-electron chi connectivity index (χ1n) is 9.11. The molecule has 0 saturated heterocycles. The first-order chi connectivity index (χ1) is 13.4. The van der Waals surface area contributed by atoms with E-state index in [4.69, 9.17) is 0 Å². The summed E-state index contributed by atoms with van der Waals surface area (Å²) >= 11 is 0. The number of nitrogens with zero attached hydrogens (tertiary/aromatic N) is 4. The molecule has 0 aliphatic carbocycles. The van der Waals surface area contributed by atoms with Gasteiger partial charge in [-0.3, -0.25) is 14.6 Å². The van der Waals surface area contributed by atoms with E-state index in [1.54, 1.807) is 11.0 Å². The smallest absolute Gasteiger partial charge is 0.356 e. The number of amides is 1. The van der Waals surface area contributed by atoms with Crippen molar-refractivity contribution in [1.82, 2.24) is 24.9 Å². The van der Waals surface area contributed by atoms with E-state index >= 15 is 0 Å². The van der Waals surface area contributed by atoms with E-state index in [0.717, 1.165) is 22.6 Å². The molecule has 0 fully saturated rings. The summed E-state index contributed by atoms with van der Waals surface area (Å²) in [5.41, 5.74) is 4.98. The Hall–Kier alpha value is -3.42. The zero-order chi connectivity index (χ0) is 19.8. The number of benzene rings is 1. The van der Waals surface area contributed by atoms with Crippen molar-refractivity contribution in [1.29, 1.82) is 0 Å². The predicted octanol–water partition coefficient (Wildman–Crippen LogP) is 2.17. The third-order valence-corrected chi connectivity index (χ3v) is 5.03. The number of carboxylic acids is 1. The second-order valence-electron chi connectivity index (χ2n) is 7.10. The molecule has 0 spiro atoms. The number of aromatic nitrogens is 4. The first kappa shape index (κ1) is 18.0. The molecule has 1 aliphatic heterocycles. The van der Waals surface area contributed by atoms with Gasteiger partial charge in [-0.1, -0.05) is 12.1 Å². The number of aryl methyl sites for hydroxylation is 2. The van der Waals surface area contributed by atoms with Crippen LogP contribution in [-0.2, 0) is 19.5 Å². The first-order valence-corrected chi connectivity index (χ1v) is 9.11. The van der Waals surface area contributed by atoms with Crippen molar-refractivity contribution in [2.75, 3.05) is 6.54 Å². The van der Waals surface area contributed by atoms with Gasteiger partial charge in [-0.05, 0) is 37.6 Å². The molecular weight excluding hydrogens is 358 g/mol. The van der Waals surface area contributed by atoms with Gasteiger partial charge in [-0.2, -0.15) is 10.2 Å². The Morgan fingerprint density at radius 3 is 2.79 bits per heavy atom. The van der Waals surface area contributed by atoms with E-state index in [-0.39, 0.29) is 18.1 Å². The van der Waals surface area contributed by atoms with E-state index in [0.29, 0.717) is 30.6 Å². The molecule has 0 radical (unpaired) electrons. The van der Waals surface area contributed by atoms with Crippen LogP contribution in [0.25, 0.3) is 0 Å². The maximum absolute atomic E-state index is 13.0. The van der Waals surface area contributed by atoms with Crippen LogP contribution in [0.1, 0.15) is 49.1 Å². The minimum absolute atomic E-state index is 0.00854. The number of carbonyl (C=O) groups is 2. The highest BCUT2D eigenvalue weighted by Crippen LogP contribution is 2.22. The standard InChI is InChI=1S/C20H21N5O3/c1-12-8-13(2)25(23-12)10-14-4-3-5-15(9-14)19(26)24-7-6-17-16(11-24)18(20(27)28)22-21-17/h3-5,8-9H,6-7,10-11H2,1-2H3,(H,21,22)(H,27,28). The van der Waals surface area contributed by atoms with Crippen LogP contribution >= 0.6 is 0 Å². The second kappa shape index (κ2) is 6.95. The quantitative estimate of drug-likeness (QED) is 0.723. The number of rotatable bonds is 4. The molecule has 4 rings (SSSR count). The fourth-order valence-corrected chi connectivity index (χ4v) is 3.64. The van der Waals surface area contributed by atoms with E-state index < -0.39 is 5.97 Å². The predicted molar refractivity (Wildman–Crippen MR) is 101 cm³/mol. The lowest BCUT2D eigenvalue weighted by Crippen LogP contribution is -2.36. The third-order valence-electron chi connectivity index (χ3n) is 5.03. The van der Waals surface area contributed by atoms with Crippen LogP contribution in [0, 0.1) is 13.8 Å². The fourth-order valence-electron chi connectivity index (χ4n) is 3.64. The molecule has 1 amide bonds. The molecule has 0 unspecified atom stereocenters. The van der Waals surface area contributed by atoms with Crippen LogP contribution in [0.15, 0.2) is 30.3 Å². The van der Waals surface area contributed by atoms with Gasteiger partial charge in [0.2, 0.25) is 0 Å². The number of hydrogen-bond donors (Lipinski definition) is 2. The van der Waals surface area contributed by atoms with E-state index in [1.807, 2.05) is 42.8 Å². The molecule has 0 atom stereocenters. The molecule has 0 saturated carbocycles. The Balaban J connectivity index is 1.54. The van der Waals surface area contributed by atoms with Gasteiger partial charge >= 0.3 is 5.97 Å². The van der Waals surface area contributed by atoms with Crippen molar-refractivity contribution < 1.29 is 14.7 Å². The van der Waals surface area contributed by atoms with Crippen LogP contribution in [0.4, 0.5) is 0 Å². The number of aromatic amines is 1. The minimum Gasteiger partial charge on any atom is -0.476 e. The Morgan fingerprint density at radius 1 is 1.25 bits per heavy atom. The van der Waals surface area contributed by atoms with Crippen LogP contribution < -0.4 is 0 Å². The number of fused-ring (bicyclic) bond motifs is 1. The molecule has 2 aromatic heterocycles. The highest BCUT2D eigenvalue weighted by atomic mass is 16.4. The summed E-state index contributed by atoms with van der Waals surface area (Å²) in [6.45, 7) is 5.32. The summed E-state index contributed by atoms with van der Waals surface area (Å²) < 4.78 is 1.91. The lowest BCUT2D eigenvalue weighted by atomic mass is 10.0. The molecule has 144 valence electrons. The van der Waals surface area contributed by atoms with Crippen molar-refractivity contribution in [3.05, 3.63) is 69.8 Å². The lowest BCUT2D eigenvalue weighted by Gasteiger charge is -2.27. The van der Waals surface area contributed by atoms with Crippen molar-refractivity contribution in [3.8, 4) is 0 Å². The summed E-state index contributed by atoms with van der Waals surface area (Å²) in [5, 5.41) is 20.4. The zero-order valence-electron chi connectivity index (χ0n) is 15.8. The molecule has 1 aromatic carbocycles. The molecule has 3 aromatic rings. The molecule has 1 aliphatic rings. The number of hydrogen-bond acceptors (Lipinski definition) is 4. The Morgan fingerprint density at radius 2 is 2.07 bits per heavy atom. The van der Waals surface area contributed by atoms with Gasteiger partial charge in [0.15, 0.2) is 5.69 Å². The lowest BCUT2D eigenvalue weighted by molar-refractivity contribution is 0.0674. The Bertz CT molecular complexity index is 1070. The second-order valence-corrected chi connectivity index (χ2v) is 7.10. The third kappa shape index (κ3) is 3.28. The molecule has 3 heterocycles. The maximum Gasteiger partial charge on any atom is 0.356 e. The van der Waals surface area contributed by atoms with E-state index in [1.165, 1.54) is 0 Å². The van der Waals surface area contributed by atoms with Crippen molar-refractivity contribution in [3.63, 3.8) is 0 Å². The summed E-state index contributed by atoms with van der Waals surface area (Å²) in [4.78, 5) is 26.0. The highest BCUT2D eigenvalue weighted by Gasteiger charge is 2.28. The van der Waals surface area contributed by atoms with Gasteiger partial charge in [0.05, 0.1) is 18.8 Å². The van der Waals surface area contributed by atoms with Gasteiger partial charge in [0.25, 0.3) is 5.91 Å². The Kier molecular flexibility index (Phi) is 4.46. The maximum atomic E-state index is 13.0. The monoisotopic (exact) mass is 379 g/mol. The average molecular weight is 379 g/mol. The molecule has 8 heteroatoms. The number of nitrogens with one attached hydrogen (secondary N) is 1. The SMILES string of the molecule is Cc1cc(C)n(Cc2cccc(C(=O)N3CCc4[nH]nc(C(=O)O)c4C3)c2)n1. The van der Waals surface area contributed by atoms with E-state index in [2.05, 4.69) is 15.3 Å². The molecule has 0 bridgehead atoms. The van der Waals surface area contributed by atoms with Gasteiger partial charge in [0, 0.05) is 35.5 Å². The normalized spacial score (nSPS) is 13.4. The Labute approximate surface area is 161 Å². The van der Waals surface area contributed by atoms with Gasteiger partial charge in [0.1, 0.15) is 0 Å². The summed E-state index contributed by atoms with van der Waals surface area (Å²) in [5.74, 6) is -1.20. The van der Waals surface area contributed by atoms with Crippen molar-refractivity contribution >= 4 is 11.9 Å². The largest absolute Gasteiger partial charge is 0.476 e. The molecule has 28 heavy (non-hydrogen) atoms. The van der Waals surface area contributed by atoms with Crippen LogP contribution in [0.2, 0.25) is 0 Å². The number of carboxylic acid groups (broad SMARTS) is 1. The van der Waals surface area contributed by atoms with E-state index in [9.17, 15) is 14.7 Å². The number of H-pyrrole nitrogens is 1. The van der Waals surface area contributed by atoms with Crippen LogP contribution in [0.5, 0.6) is 0 Å². The van der Waals surface area contributed by atoms with Crippen molar-refractivity contribution in [2.24, 2.45) is 0 Å². The van der Waals surface area contributed by atoms with Crippen LogP contribution in [-0.4, -0.2) is 48.4 Å². The topological polar surface area (TPSA) is 104 Å². The van der Waals surface area contributed by atoms with Gasteiger partial charge in [-0.25, -0.2) is 4.79 Å². The highest BCUT2D eigenvalue weighted by molar-refractivity contribution is 5.95. The summed E-state index contributed by atoms with van der Waals surface area (Å²) in [7, 11) is 0. The van der Waals surface area contributed by atoms with Gasteiger partial charge in [-0.15, -0.1) is 0 Å². The van der Waals surface area contributed by atoms with Crippen LogP contribution in [0.3, 0.4) is 0 Å².